The first kappa shape index (κ1) is 15.2. The lowest BCUT2D eigenvalue weighted by atomic mass is 10.1. The SMILES string of the molecule is Cc1cc(C)n(/N=C\c2ccc(Br)cc2)c(=O)c1C(N)=O. The molecule has 0 atom stereocenters. The molecule has 0 radical (unpaired) electrons. The highest BCUT2D eigenvalue weighted by Gasteiger charge is 2.14. The van der Waals surface area contributed by atoms with Gasteiger partial charge in [-0.05, 0) is 43.2 Å². The number of pyridine rings is 1. The molecule has 2 aromatic rings. The lowest BCUT2D eigenvalue weighted by Gasteiger charge is -2.08. The van der Waals surface area contributed by atoms with Crippen molar-refractivity contribution in [3.8, 4) is 0 Å². The highest BCUT2D eigenvalue weighted by Crippen LogP contribution is 2.09. The van der Waals surface area contributed by atoms with Crippen LogP contribution in [-0.4, -0.2) is 16.8 Å². The van der Waals surface area contributed by atoms with E-state index < -0.39 is 11.5 Å². The van der Waals surface area contributed by atoms with Gasteiger partial charge in [0.1, 0.15) is 5.56 Å². The van der Waals surface area contributed by atoms with Crippen LogP contribution >= 0.6 is 15.9 Å². The molecule has 0 aliphatic heterocycles. The van der Waals surface area contributed by atoms with Gasteiger partial charge < -0.3 is 5.73 Å². The largest absolute Gasteiger partial charge is 0.365 e. The van der Waals surface area contributed by atoms with Crippen molar-refractivity contribution in [1.82, 2.24) is 4.68 Å². The van der Waals surface area contributed by atoms with Crippen LogP contribution in [0.5, 0.6) is 0 Å². The van der Waals surface area contributed by atoms with Crippen molar-refractivity contribution in [2.24, 2.45) is 10.8 Å². The zero-order chi connectivity index (χ0) is 15.6. The van der Waals surface area contributed by atoms with Crippen molar-refractivity contribution in [1.29, 1.82) is 0 Å². The maximum Gasteiger partial charge on any atom is 0.284 e. The minimum Gasteiger partial charge on any atom is -0.365 e. The molecule has 5 nitrogen and oxygen atoms in total. The van der Waals surface area contributed by atoms with Crippen LogP contribution in [0.15, 0.2) is 44.7 Å². The summed E-state index contributed by atoms with van der Waals surface area (Å²) >= 11 is 3.35. The summed E-state index contributed by atoms with van der Waals surface area (Å²) in [4.78, 5) is 23.6. The van der Waals surface area contributed by atoms with Crippen LogP contribution in [-0.2, 0) is 0 Å². The molecule has 1 aromatic carbocycles. The van der Waals surface area contributed by atoms with E-state index in [1.54, 1.807) is 26.1 Å². The highest BCUT2D eigenvalue weighted by molar-refractivity contribution is 9.10. The fraction of sp³-hybridized carbons (Fsp3) is 0.133. The Labute approximate surface area is 130 Å². The van der Waals surface area contributed by atoms with Gasteiger partial charge in [-0.1, -0.05) is 28.1 Å². The normalized spacial score (nSPS) is 11.0. The molecule has 1 amide bonds. The van der Waals surface area contributed by atoms with E-state index in [4.69, 9.17) is 5.73 Å². The smallest absolute Gasteiger partial charge is 0.284 e. The van der Waals surface area contributed by atoms with Crippen LogP contribution in [0.25, 0.3) is 0 Å². The van der Waals surface area contributed by atoms with Gasteiger partial charge in [-0.3, -0.25) is 9.59 Å². The molecule has 1 heterocycles. The fourth-order valence-corrected chi connectivity index (χ4v) is 2.26. The molecule has 0 aliphatic carbocycles. The quantitative estimate of drug-likeness (QED) is 0.864. The first-order valence-electron chi connectivity index (χ1n) is 6.23. The van der Waals surface area contributed by atoms with E-state index in [-0.39, 0.29) is 5.56 Å². The van der Waals surface area contributed by atoms with Gasteiger partial charge in [-0.15, -0.1) is 0 Å². The van der Waals surface area contributed by atoms with Crippen LogP contribution in [0.4, 0.5) is 0 Å². The summed E-state index contributed by atoms with van der Waals surface area (Å²) in [5, 5.41) is 4.15. The Morgan fingerprint density at radius 3 is 2.48 bits per heavy atom. The number of nitrogens with two attached hydrogens (primary N) is 1. The van der Waals surface area contributed by atoms with Gasteiger partial charge in [0.25, 0.3) is 11.5 Å². The summed E-state index contributed by atoms with van der Waals surface area (Å²) in [6.07, 6.45) is 1.56. The number of aromatic nitrogens is 1. The van der Waals surface area contributed by atoms with E-state index >= 15 is 0 Å². The molecule has 0 saturated heterocycles. The molecule has 2 rings (SSSR count). The molecular weight excluding hydrogens is 334 g/mol. The predicted molar refractivity (Wildman–Crippen MR) is 85.8 cm³/mol. The number of benzene rings is 1. The van der Waals surface area contributed by atoms with E-state index in [0.29, 0.717) is 11.3 Å². The van der Waals surface area contributed by atoms with Crippen molar-refractivity contribution in [2.75, 3.05) is 0 Å². The summed E-state index contributed by atoms with van der Waals surface area (Å²) in [5.74, 6) is -0.745. The Hall–Kier alpha value is -2.21. The van der Waals surface area contributed by atoms with Gasteiger partial charge >= 0.3 is 0 Å². The summed E-state index contributed by atoms with van der Waals surface area (Å²) in [6.45, 7) is 3.43. The lowest BCUT2D eigenvalue weighted by Crippen LogP contribution is -2.30. The molecule has 6 heteroatoms. The molecule has 0 saturated carbocycles. The second kappa shape index (κ2) is 6.05. The van der Waals surface area contributed by atoms with Crippen molar-refractivity contribution in [3.05, 3.63) is 67.5 Å². The van der Waals surface area contributed by atoms with E-state index in [1.165, 1.54) is 4.68 Å². The third-order valence-electron chi connectivity index (χ3n) is 3.00. The van der Waals surface area contributed by atoms with E-state index in [2.05, 4.69) is 21.0 Å². The Morgan fingerprint density at radius 2 is 1.90 bits per heavy atom. The van der Waals surface area contributed by atoms with Crippen LogP contribution < -0.4 is 11.3 Å². The molecule has 21 heavy (non-hydrogen) atoms. The second-order valence-corrected chi connectivity index (χ2v) is 5.54. The Kier molecular flexibility index (Phi) is 4.37. The zero-order valence-corrected chi connectivity index (χ0v) is 13.2. The Balaban J connectivity index is 2.49. The molecule has 0 fully saturated rings. The number of halogens is 1. The molecule has 108 valence electrons. The van der Waals surface area contributed by atoms with Crippen molar-refractivity contribution >= 4 is 28.1 Å². The first-order valence-corrected chi connectivity index (χ1v) is 7.02. The number of aryl methyl sites for hydroxylation is 2. The third kappa shape index (κ3) is 3.28. The van der Waals surface area contributed by atoms with Gasteiger partial charge in [-0.25, -0.2) is 4.68 Å². The number of hydrogen-bond acceptors (Lipinski definition) is 3. The number of nitrogens with zero attached hydrogens (tertiary/aromatic N) is 2. The first-order chi connectivity index (χ1) is 9.90. The summed E-state index contributed by atoms with van der Waals surface area (Å²) in [5.41, 5.74) is 6.74. The Bertz CT molecular complexity index is 777. The standard InChI is InChI=1S/C15H14BrN3O2/c1-9-7-10(2)19(15(21)13(9)14(17)20)18-8-11-3-5-12(16)6-4-11/h3-8H,1-2H3,(H2,17,20)/b18-8-. The van der Waals surface area contributed by atoms with Gasteiger partial charge in [0.05, 0.1) is 6.21 Å². The van der Waals surface area contributed by atoms with Gasteiger partial charge in [-0.2, -0.15) is 5.10 Å². The molecule has 2 N–H and O–H groups in total. The predicted octanol–water partition coefficient (Wildman–Crippen LogP) is 2.21. The molecular formula is C15H14BrN3O2. The van der Waals surface area contributed by atoms with Crippen LogP contribution in [0.3, 0.4) is 0 Å². The number of amides is 1. The van der Waals surface area contributed by atoms with Crippen LogP contribution in [0.2, 0.25) is 0 Å². The number of primary amides is 1. The van der Waals surface area contributed by atoms with E-state index in [0.717, 1.165) is 10.0 Å². The lowest BCUT2D eigenvalue weighted by molar-refractivity contribution is 0.0997. The molecule has 0 spiro atoms. The molecule has 0 bridgehead atoms. The topological polar surface area (TPSA) is 77.4 Å². The fourth-order valence-electron chi connectivity index (χ4n) is 2.00. The average molecular weight is 348 g/mol. The zero-order valence-electron chi connectivity index (χ0n) is 11.6. The van der Waals surface area contributed by atoms with Gasteiger partial charge in [0, 0.05) is 10.2 Å². The van der Waals surface area contributed by atoms with Crippen molar-refractivity contribution < 1.29 is 4.79 Å². The maximum atomic E-state index is 12.3. The van der Waals surface area contributed by atoms with Crippen molar-refractivity contribution in [3.63, 3.8) is 0 Å². The third-order valence-corrected chi connectivity index (χ3v) is 3.53. The summed E-state index contributed by atoms with van der Waals surface area (Å²) < 4.78 is 2.13. The highest BCUT2D eigenvalue weighted by atomic mass is 79.9. The monoisotopic (exact) mass is 347 g/mol. The van der Waals surface area contributed by atoms with Crippen LogP contribution in [0.1, 0.15) is 27.2 Å². The minimum absolute atomic E-state index is 0.0337. The second-order valence-electron chi connectivity index (χ2n) is 4.62. The number of carbonyl (C=O) groups is 1. The maximum absolute atomic E-state index is 12.3. The van der Waals surface area contributed by atoms with Crippen LogP contribution in [0, 0.1) is 13.8 Å². The molecule has 0 aliphatic rings. The number of carbonyl (C=O) groups excluding carboxylic acids is 1. The number of hydrogen-bond donors (Lipinski definition) is 1. The minimum atomic E-state index is -0.745. The summed E-state index contributed by atoms with van der Waals surface area (Å²) in [6, 6.07) is 9.18. The molecule has 1 aromatic heterocycles. The molecule has 0 unspecified atom stereocenters. The van der Waals surface area contributed by atoms with Gasteiger partial charge in [0.2, 0.25) is 0 Å². The summed E-state index contributed by atoms with van der Waals surface area (Å²) in [7, 11) is 0. The van der Waals surface area contributed by atoms with E-state index in [1.807, 2.05) is 24.3 Å². The number of rotatable bonds is 3. The van der Waals surface area contributed by atoms with Crippen molar-refractivity contribution in [2.45, 2.75) is 13.8 Å². The van der Waals surface area contributed by atoms with Gasteiger partial charge in [0.15, 0.2) is 0 Å². The average Bonchev–Trinajstić information content (AvgIpc) is 2.39. The Morgan fingerprint density at radius 1 is 1.29 bits per heavy atom. The van der Waals surface area contributed by atoms with E-state index in [9.17, 15) is 9.59 Å².